The first kappa shape index (κ1) is 21.0. The summed E-state index contributed by atoms with van der Waals surface area (Å²) >= 11 is 6.39. The molecule has 27 heavy (non-hydrogen) atoms. The van der Waals surface area contributed by atoms with E-state index in [1.54, 1.807) is 6.92 Å². The van der Waals surface area contributed by atoms with Gasteiger partial charge in [-0.1, -0.05) is 43.6 Å². The number of aldehydes is 1. The molecule has 144 valence electrons. The van der Waals surface area contributed by atoms with E-state index in [1.807, 2.05) is 44.0 Å². The van der Waals surface area contributed by atoms with E-state index in [0.717, 1.165) is 41.1 Å². The van der Waals surface area contributed by atoms with Crippen LogP contribution in [-0.4, -0.2) is 30.7 Å². The Balaban J connectivity index is 0.000000465. The third-order valence-corrected chi connectivity index (χ3v) is 4.84. The van der Waals surface area contributed by atoms with Crippen molar-refractivity contribution >= 4 is 29.5 Å². The lowest BCUT2D eigenvalue weighted by atomic mass is 9.90. The lowest BCUT2D eigenvalue weighted by molar-refractivity contribution is -0.129. The van der Waals surface area contributed by atoms with Gasteiger partial charge in [-0.15, -0.1) is 0 Å². The van der Waals surface area contributed by atoms with Gasteiger partial charge in [0.2, 0.25) is 5.91 Å². The summed E-state index contributed by atoms with van der Waals surface area (Å²) in [5.41, 5.74) is 5.75. The predicted molar refractivity (Wildman–Crippen MR) is 112 cm³/mol. The molecule has 2 aromatic rings. The van der Waals surface area contributed by atoms with Crippen molar-refractivity contribution < 1.29 is 9.59 Å². The summed E-state index contributed by atoms with van der Waals surface area (Å²) < 4.78 is 0. The third kappa shape index (κ3) is 5.33. The molecule has 1 aliphatic heterocycles. The second-order valence-electron chi connectivity index (χ2n) is 6.96. The topological polar surface area (TPSA) is 49.4 Å². The van der Waals surface area contributed by atoms with Crippen molar-refractivity contribution in [1.29, 1.82) is 0 Å². The van der Waals surface area contributed by atoms with Gasteiger partial charge in [-0.2, -0.15) is 0 Å². The van der Waals surface area contributed by atoms with Gasteiger partial charge in [0.25, 0.3) is 0 Å². The van der Waals surface area contributed by atoms with E-state index in [2.05, 4.69) is 23.5 Å². The van der Waals surface area contributed by atoms with Gasteiger partial charge in [0.1, 0.15) is 6.29 Å². The van der Waals surface area contributed by atoms with Crippen LogP contribution in [0.4, 0.5) is 5.69 Å². The zero-order valence-corrected chi connectivity index (χ0v) is 17.1. The first-order valence-electron chi connectivity index (χ1n) is 9.16. The number of nitrogens with zero attached hydrogens (tertiary/aromatic N) is 1. The van der Waals surface area contributed by atoms with Crippen molar-refractivity contribution in [1.82, 2.24) is 4.90 Å². The second-order valence-corrected chi connectivity index (χ2v) is 7.37. The van der Waals surface area contributed by atoms with E-state index >= 15 is 0 Å². The summed E-state index contributed by atoms with van der Waals surface area (Å²) in [5, 5.41) is 3.96. The van der Waals surface area contributed by atoms with Gasteiger partial charge in [0, 0.05) is 49.3 Å². The van der Waals surface area contributed by atoms with E-state index in [-0.39, 0.29) is 11.8 Å². The molecular weight excluding hydrogens is 360 g/mol. The van der Waals surface area contributed by atoms with E-state index in [0.29, 0.717) is 6.54 Å². The Labute approximate surface area is 166 Å². The molecule has 0 saturated carbocycles. The molecule has 0 unspecified atom stereocenters. The van der Waals surface area contributed by atoms with Crippen molar-refractivity contribution in [3.05, 3.63) is 52.5 Å². The maximum atomic E-state index is 11.7. The largest absolute Gasteiger partial charge is 0.388 e. The van der Waals surface area contributed by atoms with Crippen molar-refractivity contribution in [3.63, 3.8) is 0 Å². The van der Waals surface area contributed by atoms with Gasteiger partial charge in [-0.3, -0.25) is 4.79 Å². The highest BCUT2D eigenvalue weighted by molar-refractivity contribution is 6.33. The average Bonchev–Trinajstić information content (AvgIpc) is 2.67. The molecule has 0 spiro atoms. The van der Waals surface area contributed by atoms with Crippen LogP contribution < -0.4 is 5.32 Å². The summed E-state index contributed by atoms with van der Waals surface area (Å²) in [6, 6.07) is 12.2. The Morgan fingerprint density at radius 2 is 1.89 bits per heavy atom. The van der Waals surface area contributed by atoms with E-state index < -0.39 is 0 Å². The number of halogens is 1. The first-order chi connectivity index (χ1) is 12.9. The van der Waals surface area contributed by atoms with Crippen LogP contribution in [0.25, 0.3) is 11.1 Å². The highest BCUT2D eigenvalue weighted by atomic mass is 35.5. The van der Waals surface area contributed by atoms with Gasteiger partial charge in [0.15, 0.2) is 0 Å². The van der Waals surface area contributed by atoms with Crippen molar-refractivity contribution in [2.24, 2.45) is 5.92 Å². The summed E-state index contributed by atoms with van der Waals surface area (Å²) in [5.74, 6) is 0.329. The number of anilines is 1. The first-order valence-corrected chi connectivity index (χ1v) is 9.54. The quantitative estimate of drug-likeness (QED) is 0.771. The van der Waals surface area contributed by atoms with Crippen LogP contribution in [0.1, 0.15) is 31.9 Å². The van der Waals surface area contributed by atoms with Crippen LogP contribution in [0.3, 0.4) is 0 Å². The van der Waals surface area contributed by atoms with Crippen LogP contribution >= 0.6 is 11.6 Å². The smallest absolute Gasteiger partial charge is 0.219 e. The molecular formula is C22H27ClN2O2. The van der Waals surface area contributed by atoms with Gasteiger partial charge in [0.05, 0.1) is 0 Å². The molecule has 0 fully saturated rings. The zero-order valence-electron chi connectivity index (χ0n) is 16.4. The minimum Gasteiger partial charge on any atom is -0.388 e. The normalized spacial score (nSPS) is 12.7. The fraction of sp³-hybridized carbons (Fsp3) is 0.364. The lowest BCUT2D eigenvalue weighted by Gasteiger charge is -2.30. The summed E-state index contributed by atoms with van der Waals surface area (Å²) in [4.78, 5) is 23.1. The van der Waals surface area contributed by atoms with Crippen molar-refractivity contribution in [3.8, 4) is 11.1 Å². The molecule has 0 radical (unpaired) electrons. The van der Waals surface area contributed by atoms with Crippen LogP contribution in [0.5, 0.6) is 0 Å². The maximum absolute atomic E-state index is 11.7. The molecule has 1 aliphatic rings. The Kier molecular flexibility index (Phi) is 7.43. The Morgan fingerprint density at radius 1 is 1.22 bits per heavy atom. The SMILES string of the molecule is CC(C)C=O.CNc1cc2c(c(-c3ccccc3Cl)c1)CCN(C(C)=O)C2. The molecule has 1 N–H and O–H groups in total. The number of carbonyl (C=O) groups is 2. The number of benzene rings is 2. The summed E-state index contributed by atoms with van der Waals surface area (Å²) in [6.45, 7) is 6.76. The van der Waals surface area contributed by atoms with Crippen LogP contribution in [0, 0.1) is 5.92 Å². The predicted octanol–water partition coefficient (Wildman–Crippen LogP) is 4.79. The number of hydrogen-bond acceptors (Lipinski definition) is 3. The molecule has 0 aromatic heterocycles. The monoisotopic (exact) mass is 386 g/mol. The highest BCUT2D eigenvalue weighted by Gasteiger charge is 2.22. The third-order valence-electron chi connectivity index (χ3n) is 4.51. The maximum Gasteiger partial charge on any atom is 0.219 e. The van der Waals surface area contributed by atoms with Gasteiger partial charge >= 0.3 is 0 Å². The number of nitrogens with one attached hydrogen (secondary N) is 1. The molecule has 3 rings (SSSR count). The molecule has 0 atom stereocenters. The fourth-order valence-corrected chi connectivity index (χ4v) is 3.27. The number of carbonyl (C=O) groups excluding carboxylic acids is 2. The lowest BCUT2D eigenvalue weighted by Crippen LogP contribution is -2.34. The van der Waals surface area contributed by atoms with E-state index in [9.17, 15) is 9.59 Å². The minimum absolute atomic E-state index is 0.125. The molecule has 0 saturated heterocycles. The standard InChI is InChI=1S/C18H19ClN2O.C4H8O/c1-12(22)21-8-7-15-13(11-21)9-14(20-2)10-17(15)16-5-3-4-6-18(16)19;1-4(2)3-5/h3-6,9-10,20H,7-8,11H2,1-2H3;3-4H,1-2H3. The molecule has 0 bridgehead atoms. The van der Waals surface area contributed by atoms with Crippen LogP contribution in [0.2, 0.25) is 5.02 Å². The second kappa shape index (κ2) is 9.56. The molecule has 5 heteroatoms. The van der Waals surface area contributed by atoms with Gasteiger partial charge < -0.3 is 15.0 Å². The minimum atomic E-state index is 0.125. The molecule has 1 amide bonds. The zero-order chi connectivity index (χ0) is 20.0. The summed E-state index contributed by atoms with van der Waals surface area (Å²) in [7, 11) is 1.91. The Hall–Kier alpha value is -2.33. The van der Waals surface area contributed by atoms with Crippen LogP contribution in [0.15, 0.2) is 36.4 Å². The fourth-order valence-electron chi connectivity index (χ4n) is 3.03. The summed E-state index contributed by atoms with van der Waals surface area (Å²) in [6.07, 6.45) is 1.78. The van der Waals surface area contributed by atoms with E-state index in [1.165, 1.54) is 11.1 Å². The Morgan fingerprint density at radius 3 is 2.44 bits per heavy atom. The van der Waals surface area contributed by atoms with Crippen LogP contribution in [-0.2, 0) is 22.6 Å². The van der Waals surface area contributed by atoms with Crippen molar-refractivity contribution in [2.75, 3.05) is 18.9 Å². The molecule has 1 heterocycles. The highest BCUT2D eigenvalue weighted by Crippen LogP contribution is 2.36. The average molecular weight is 387 g/mol. The van der Waals surface area contributed by atoms with Gasteiger partial charge in [-0.05, 0) is 41.3 Å². The Bertz CT molecular complexity index is 818. The number of amides is 1. The molecule has 0 aliphatic carbocycles. The number of rotatable bonds is 3. The van der Waals surface area contributed by atoms with Gasteiger partial charge in [-0.25, -0.2) is 0 Å². The molecule has 4 nitrogen and oxygen atoms in total. The number of hydrogen-bond donors (Lipinski definition) is 1. The number of fused-ring (bicyclic) bond motifs is 1. The van der Waals surface area contributed by atoms with Crippen molar-refractivity contribution in [2.45, 2.75) is 33.7 Å². The molecule has 2 aromatic carbocycles. The van der Waals surface area contributed by atoms with E-state index in [4.69, 9.17) is 11.6 Å².